The largest absolute Gasteiger partial charge is 0.427 e. The summed E-state index contributed by atoms with van der Waals surface area (Å²) in [5, 5.41) is 0. The summed E-state index contributed by atoms with van der Waals surface area (Å²) in [5.74, 6) is 0.575. The summed E-state index contributed by atoms with van der Waals surface area (Å²) in [6, 6.07) is 15.9. The molecule has 0 spiro atoms. The van der Waals surface area contributed by atoms with Crippen molar-refractivity contribution in [2.75, 3.05) is 6.54 Å². The van der Waals surface area contributed by atoms with Crippen molar-refractivity contribution in [1.82, 2.24) is 0 Å². The van der Waals surface area contributed by atoms with Crippen molar-refractivity contribution in [1.29, 1.82) is 0 Å². The molecule has 2 aromatic rings. The number of ether oxygens (including phenoxy) is 1. The Morgan fingerprint density at radius 1 is 1.15 bits per heavy atom. The molecule has 132 valence electrons. The van der Waals surface area contributed by atoms with E-state index in [1.807, 2.05) is 12.1 Å². The molecule has 3 nitrogen and oxygen atoms in total. The lowest BCUT2D eigenvalue weighted by Crippen LogP contribution is -2.14. The van der Waals surface area contributed by atoms with E-state index in [1.165, 1.54) is 23.6 Å². The van der Waals surface area contributed by atoms with Gasteiger partial charge in [0, 0.05) is 19.4 Å². The van der Waals surface area contributed by atoms with Crippen LogP contribution in [0.5, 0.6) is 5.75 Å². The monoisotopic (exact) mass is 345 g/mol. The van der Waals surface area contributed by atoms with Crippen LogP contribution in [0.4, 0.5) is 0 Å². The van der Waals surface area contributed by atoms with E-state index in [0.29, 0.717) is 18.2 Å². The Morgan fingerprint density at radius 2 is 1.92 bits per heavy atom. The fourth-order valence-electron chi connectivity index (χ4n) is 3.19. The minimum atomic E-state index is -0.312. The highest BCUT2D eigenvalue weighted by Crippen LogP contribution is 2.33. The molecule has 3 heteroatoms. The number of nitrogens with two attached hydrogens (primary N) is 1. The molecule has 0 aromatic heterocycles. The number of carbonyl (C=O) groups is 1. The Labute approximate surface area is 154 Å². The number of allylic oxidation sites excluding steroid dienone is 3. The van der Waals surface area contributed by atoms with Crippen LogP contribution in [0.3, 0.4) is 0 Å². The third kappa shape index (κ3) is 4.38. The van der Waals surface area contributed by atoms with Gasteiger partial charge in [-0.3, -0.25) is 4.79 Å². The van der Waals surface area contributed by atoms with Crippen LogP contribution in [0.2, 0.25) is 0 Å². The molecule has 26 heavy (non-hydrogen) atoms. The second kappa shape index (κ2) is 8.45. The number of rotatable bonds is 5. The van der Waals surface area contributed by atoms with Crippen LogP contribution in [0.1, 0.15) is 36.0 Å². The summed E-state index contributed by atoms with van der Waals surface area (Å²) in [4.78, 5) is 11.0. The van der Waals surface area contributed by atoms with E-state index >= 15 is 0 Å². The maximum Gasteiger partial charge on any atom is 0.308 e. The first-order chi connectivity index (χ1) is 12.7. The molecule has 0 radical (unpaired) electrons. The van der Waals surface area contributed by atoms with Gasteiger partial charge in [0.2, 0.25) is 0 Å². The third-order valence-corrected chi connectivity index (χ3v) is 4.47. The predicted molar refractivity (Wildman–Crippen MR) is 107 cm³/mol. The van der Waals surface area contributed by atoms with Gasteiger partial charge in [-0.1, -0.05) is 66.8 Å². The first-order valence-corrected chi connectivity index (χ1v) is 8.78. The smallest absolute Gasteiger partial charge is 0.308 e. The predicted octanol–water partition coefficient (Wildman–Crippen LogP) is 4.71. The maximum atomic E-state index is 11.0. The SMILES string of the molecule is CC(=O)Oc1ccc(/C=C/c2ccccc2C2CC=CC=C2CN)cc1. The summed E-state index contributed by atoms with van der Waals surface area (Å²) >= 11 is 0. The van der Waals surface area contributed by atoms with Gasteiger partial charge < -0.3 is 10.5 Å². The molecule has 0 fully saturated rings. The highest BCUT2D eigenvalue weighted by molar-refractivity contribution is 5.73. The molecule has 1 aliphatic carbocycles. The van der Waals surface area contributed by atoms with Crippen molar-refractivity contribution in [3.8, 4) is 5.75 Å². The van der Waals surface area contributed by atoms with Crippen molar-refractivity contribution in [3.63, 3.8) is 0 Å². The molecule has 0 bridgehead atoms. The number of hydrogen-bond donors (Lipinski definition) is 1. The molecular formula is C23H23NO2. The lowest BCUT2D eigenvalue weighted by atomic mass is 9.83. The summed E-state index contributed by atoms with van der Waals surface area (Å²) < 4.78 is 5.07. The second-order valence-corrected chi connectivity index (χ2v) is 6.29. The normalized spacial score (nSPS) is 16.5. The van der Waals surface area contributed by atoms with Gasteiger partial charge in [0.05, 0.1) is 0 Å². The van der Waals surface area contributed by atoms with Crippen LogP contribution in [0.15, 0.2) is 72.3 Å². The average Bonchev–Trinajstić information content (AvgIpc) is 2.67. The Morgan fingerprint density at radius 3 is 2.65 bits per heavy atom. The van der Waals surface area contributed by atoms with Gasteiger partial charge in [-0.2, -0.15) is 0 Å². The lowest BCUT2D eigenvalue weighted by Gasteiger charge is -2.23. The third-order valence-electron chi connectivity index (χ3n) is 4.47. The van der Waals surface area contributed by atoms with Crippen molar-refractivity contribution < 1.29 is 9.53 Å². The van der Waals surface area contributed by atoms with Crippen LogP contribution < -0.4 is 10.5 Å². The van der Waals surface area contributed by atoms with E-state index in [4.69, 9.17) is 10.5 Å². The molecule has 0 heterocycles. The highest BCUT2D eigenvalue weighted by atomic mass is 16.5. The van der Waals surface area contributed by atoms with Crippen LogP contribution in [-0.2, 0) is 4.79 Å². The van der Waals surface area contributed by atoms with E-state index in [1.54, 1.807) is 12.1 Å². The van der Waals surface area contributed by atoms with Gasteiger partial charge in [0.25, 0.3) is 0 Å². The quantitative estimate of drug-likeness (QED) is 0.485. The first-order valence-electron chi connectivity index (χ1n) is 8.78. The zero-order valence-corrected chi connectivity index (χ0v) is 14.9. The Hall–Kier alpha value is -2.91. The van der Waals surface area contributed by atoms with E-state index in [-0.39, 0.29) is 5.97 Å². The summed E-state index contributed by atoms with van der Waals surface area (Å²) in [5.41, 5.74) is 10.7. The van der Waals surface area contributed by atoms with Crippen molar-refractivity contribution in [2.24, 2.45) is 5.73 Å². The highest BCUT2D eigenvalue weighted by Gasteiger charge is 2.18. The molecule has 0 saturated heterocycles. The minimum absolute atomic E-state index is 0.312. The molecule has 2 aromatic carbocycles. The topological polar surface area (TPSA) is 52.3 Å². The fourth-order valence-corrected chi connectivity index (χ4v) is 3.19. The second-order valence-electron chi connectivity index (χ2n) is 6.29. The number of esters is 1. The zero-order valence-electron chi connectivity index (χ0n) is 14.9. The van der Waals surface area contributed by atoms with Crippen molar-refractivity contribution in [2.45, 2.75) is 19.3 Å². The standard InChI is InChI=1S/C23H23NO2/c1-17(25)26-21-14-11-18(12-15-21)10-13-19-6-2-4-8-22(19)23-9-5-3-7-20(23)16-24/h2-8,10-15,23H,9,16,24H2,1H3/b13-10+. The number of carbonyl (C=O) groups excluding carboxylic acids is 1. The van der Waals surface area contributed by atoms with Crippen LogP contribution in [0.25, 0.3) is 12.2 Å². The van der Waals surface area contributed by atoms with Crippen LogP contribution in [0, 0.1) is 0 Å². The molecule has 1 aliphatic rings. The molecule has 0 amide bonds. The van der Waals surface area contributed by atoms with Crippen LogP contribution >= 0.6 is 0 Å². The molecule has 0 saturated carbocycles. The number of benzene rings is 2. The molecule has 3 rings (SSSR count). The lowest BCUT2D eigenvalue weighted by molar-refractivity contribution is -0.131. The van der Waals surface area contributed by atoms with E-state index in [9.17, 15) is 4.79 Å². The maximum absolute atomic E-state index is 11.0. The van der Waals surface area contributed by atoms with Crippen molar-refractivity contribution in [3.05, 3.63) is 89.0 Å². The van der Waals surface area contributed by atoms with Gasteiger partial charge in [0.15, 0.2) is 0 Å². The Bertz CT molecular complexity index is 860. The summed E-state index contributed by atoms with van der Waals surface area (Å²) in [6.45, 7) is 1.97. The number of hydrogen-bond acceptors (Lipinski definition) is 3. The van der Waals surface area contributed by atoms with E-state index < -0.39 is 0 Å². The minimum Gasteiger partial charge on any atom is -0.427 e. The Kier molecular flexibility index (Phi) is 5.82. The molecule has 1 unspecified atom stereocenters. The first kappa shape index (κ1) is 17.9. The van der Waals surface area contributed by atoms with E-state index in [0.717, 1.165) is 12.0 Å². The van der Waals surface area contributed by atoms with Gasteiger partial charge in [-0.15, -0.1) is 0 Å². The van der Waals surface area contributed by atoms with Crippen LogP contribution in [-0.4, -0.2) is 12.5 Å². The average molecular weight is 345 g/mol. The molecule has 0 aliphatic heterocycles. The molecular weight excluding hydrogens is 322 g/mol. The summed E-state index contributed by atoms with van der Waals surface area (Å²) in [6.07, 6.45) is 11.6. The molecule has 1 atom stereocenters. The van der Waals surface area contributed by atoms with E-state index in [2.05, 4.69) is 54.6 Å². The Balaban J connectivity index is 1.82. The fraction of sp³-hybridized carbons (Fsp3) is 0.174. The van der Waals surface area contributed by atoms with Gasteiger partial charge in [-0.25, -0.2) is 0 Å². The van der Waals surface area contributed by atoms with Gasteiger partial charge in [0.1, 0.15) is 5.75 Å². The molecule has 2 N–H and O–H groups in total. The zero-order chi connectivity index (χ0) is 18.4. The van der Waals surface area contributed by atoms with Gasteiger partial charge in [-0.05, 0) is 40.8 Å². The van der Waals surface area contributed by atoms with Gasteiger partial charge >= 0.3 is 5.97 Å². The summed E-state index contributed by atoms with van der Waals surface area (Å²) in [7, 11) is 0. The van der Waals surface area contributed by atoms with Crippen molar-refractivity contribution >= 4 is 18.1 Å².